The van der Waals surface area contributed by atoms with Gasteiger partial charge in [0.05, 0.1) is 0 Å². The van der Waals surface area contributed by atoms with Gasteiger partial charge in [0.15, 0.2) is 5.78 Å². The van der Waals surface area contributed by atoms with Gasteiger partial charge >= 0.3 is 0 Å². The summed E-state index contributed by atoms with van der Waals surface area (Å²) in [5.41, 5.74) is 2.00. The van der Waals surface area contributed by atoms with Gasteiger partial charge in [-0.2, -0.15) is 0 Å². The fourth-order valence-corrected chi connectivity index (χ4v) is 2.39. The van der Waals surface area contributed by atoms with Crippen LogP contribution in [0.5, 0.6) is 0 Å². The van der Waals surface area contributed by atoms with Gasteiger partial charge in [0.25, 0.3) is 0 Å². The number of ketones is 1. The van der Waals surface area contributed by atoms with Crippen LogP contribution in [-0.4, -0.2) is 5.78 Å². The highest BCUT2D eigenvalue weighted by molar-refractivity contribution is 9.10. The van der Waals surface area contributed by atoms with Crippen molar-refractivity contribution in [3.05, 3.63) is 33.8 Å². The molecule has 0 N–H and O–H groups in total. The monoisotopic (exact) mass is 266 g/mol. The molecule has 15 heavy (non-hydrogen) atoms. The molecule has 2 heteroatoms. The molecule has 0 bridgehead atoms. The zero-order valence-electron chi connectivity index (χ0n) is 8.92. The molecule has 0 aromatic heterocycles. The standard InChI is InChI=1S/C13H15BrO/c1-9-5-6-12(14)11(7-9)13(15)8-10-3-2-4-10/h5-7,10H,2-4,8H2,1H3. The van der Waals surface area contributed by atoms with E-state index < -0.39 is 0 Å². The third kappa shape index (κ3) is 2.49. The van der Waals surface area contributed by atoms with E-state index in [4.69, 9.17) is 0 Å². The number of hydrogen-bond donors (Lipinski definition) is 0. The predicted molar refractivity (Wildman–Crippen MR) is 65.2 cm³/mol. The Morgan fingerprint density at radius 2 is 2.20 bits per heavy atom. The summed E-state index contributed by atoms with van der Waals surface area (Å²) in [5, 5.41) is 0. The molecule has 0 radical (unpaired) electrons. The maximum atomic E-state index is 12.0. The molecule has 0 spiro atoms. The molecule has 1 aliphatic carbocycles. The van der Waals surface area contributed by atoms with E-state index >= 15 is 0 Å². The van der Waals surface area contributed by atoms with Crippen molar-refractivity contribution < 1.29 is 4.79 Å². The van der Waals surface area contributed by atoms with Gasteiger partial charge in [-0.3, -0.25) is 4.79 Å². The number of aryl methyl sites for hydroxylation is 1. The maximum Gasteiger partial charge on any atom is 0.164 e. The molecule has 0 heterocycles. The molecule has 2 rings (SSSR count). The zero-order chi connectivity index (χ0) is 10.8. The number of hydrogen-bond acceptors (Lipinski definition) is 1. The van der Waals surface area contributed by atoms with Gasteiger partial charge in [0, 0.05) is 16.5 Å². The molecule has 1 aromatic carbocycles. The van der Waals surface area contributed by atoms with E-state index in [1.807, 2.05) is 25.1 Å². The molecule has 1 aromatic rings. The summed E-state index contributed by atoms with van der Waals surface area (Å²) in [4.78, 5) is 12.0. The lowest BCUT2D eigenvalue weighted by Crippen LogP contribution is -2.16. The summed E-state index contributed by atoms with van der Waals surface area (Å²) in [7, 11) is 0. The number of carbonyl (C=O) groups excluding carboxylic acids is 1. The van der Waals surface area contributed by atoms with Gasteiger partial charge in [-0.25, -0.2) is 0 Å². The Bertz CT molecular complexity index is 380. The molecule has 0 aliphatic heterocycles. The maximum absolute atomic E-state index is 12.0. The second kappa shape index (κ2) is 4.48. The minimum Gasteiger partial charge on any atom is -0.294 e. The molecule has 0 atom stereocenters. The van der Waals surface area contributed by atoms with E-state index in [2.05, 4.69) is 15.9 Å². The van der Waals surface area contributed by atoms with Crippen molar-refractivity contribution in [2.24, 2.45) is 5.92 Å². The Kier molecular flexibility index (Phi) is 3.25. The Morgan fingerprint density at radius 3 is 2.80 bits per heavy atom. The average Bonchev–Trinajstić information content (AvgIpc) is 2.15. The average molecular weight is 267 g/mol. The van der Waals surface area contributed by atoms with Crippen molar-refractivity contribution in [3.8, 4) is 0 Å². The Morgan fingerprint density at radius 1 is 1.47 bits per heavy atom. The van der Waals surface area contributed by atoms with Crippen LogP contribution in [0.3, 0.4) is 0 Å². The number of halogens is 1. The van der Waals surface area contributed by atoms with Crippen LogP contribution in [0.25, 0.3) is 0 Å². The minimum atomic E-state index is 0.287. The van der Waals surface area contributed by atoms with Crippen LogP contribution in [0.15, 0.2) is 22.7 Å². The molecule has 1 fully saturated rings. The molecule has 0 amide bonds. The van der Waals surface area contributed by atoms with Crippen LogP contribution < -0.4 is 0 Å². The summed E-state index contributed by atoms with van der Waals surface area (Å²) in [6, 6.07) is 5.96. The van der Waals surface area contributed by atoms with E-state index in [0.717, 1.165) is 22.0 Å². The first-order valence-corrected chi connectivity index (χ1v) is 6.25. The molecule has 0 unspecified atom stereocenters. The summed E-state index contributed by atoms with van der Waals surface area (Å²) in [6.07, 6.45) is 4.49. The van der Waals surface area contributed by atoms with Gasteiger partial charge < -0.3 is 0 Å². The van der Waals surface area contributed by atoms with Crippen LogP contribution in [0.4, 0.5) is 0 Å². The van der Waals surface area contributed by atoms with E-state index in [1.165, 1.54) is 19.3 Å². The molecule has 1 aliphatic rings. The van der Waals surface area contributed by atoms with E-state index in [0.29, 0.717) is 5.92 Å². The lowest BCUT2D eigenvalue weighted by Gasteiger charge is -2.24. The Hall–Kier alpha value is -0.630. The van der Waals surface area contributed by atoms with E-state index in [-0.39, 0.29) is 5.78 Å². The number of carbonyl (C=O) groups is 1. The third-order valence-electron chi connectivity index (χ3n) is 3.12. The topological polar surface area (TPSA) is 17.1 Å². The van der Waals surface area contributed by atoms with Crippen molar-refractivity contribution in [2.45, 2.75) is 32.6 Å². The van der Waals surface area contributed by atoms with Gasteiger partial charge in [-0.1, -0.05) is 46.8 Å². The van der Waals surface area contributed by atoms with Crippen LogP contribution >= 0.6 is 15.9 Å². The van der Waals surface area contributed by atoms with E-state index in [1.54, 1.807) is 0 Å². The van der Waals surface area contributed by atoms with Gasteiger partial charge in [0.2, 0.25) is 0 Å². The van der Waals surface area contributed by atoms with Crippen molar-refractivity contribution in [1.82, 2.24) is 0 Å². The SMILES string of the molecule is Cc1ccc(Br)c(C(=O)CC2CCC2)c1. The Labute approximate surface area is 99.0 Å². The second-order valence-electron chi connectivity index (χ2n) is 4.41. The lowest BCUT2D eigenvalue weighted by molar-refractivity contribution is 0.0935. The molecule has 1 saturated carbocycles. The quantitative estimate of drug-likeness (QED) is 0.752. The van der Waals surface area contributed by atoms with Gasteiger partial charge in [0.1, 0.15) is 0 Å². The van der Waals surface area contributed by atoms with Crippen LogP contribution in [-0.2, 0) is 0 Å². The third-order valence-corrected chi connectivity index (χ3v) is 3.81. The minimum absolute atomic E-state index is 0.287. The van der Waals surface area contributed by atoms with Crippen molar-refractivity contribution in [2.75, 3.05) is 0 Å². The Balaban J connectivity index is 2.12. The fraction of sp³-hybridized carbons (Fsp3) is 0.462. The zero-order valence-corrected chi connectivity index (χ0v) is 10.5. The first-order chi connectivity index (χ1) is 7.16. The summed E-state index contributed by atoms with van der Waals surface area (Å²) < 4.78 is 0.928. The molecule has 80 valence electrons. The van der Waals surface area contributed by atoms with Crippen LogP contribution in [0, 0.1) is 12.8 Å². The fourth-order valence-electron chi connectivity index (χ4n) is 1.92. The van der Waals surface area contributed by atoms with Gasteiger partial charge in [-0.05, 0) is 25.0 Å². The number of rotatable bonds is 3. The largest absolute Gasteiger partial charge is 0.294 e. The highest BCUT2D eigenvalue weighted by Gasteiger charge is 2.22. The highest BCUT2D eigenvalue weighted by Crippen LogP contribution is 2.31. The van der Waals surface area contributed by atoms with Crippen LogP contribution in [0.1, 0.15) is 41.6 Å². The van der Waals surface area contributed by atoms with Crippen molar-refractivity contribution >= 4 is 21.7 Å². The summed E-state index contributed by atoms with van der Waals surface area (Å²) in [5.74, 6) is 0.931. The second-order valence-corrected chi connectivity index (χ2v) is 5.26. The van der Waals surface area contributed by atoms with Crippen LogP contribution in [0.2, 0.25) is 0 Å². The molecule has 1 nitrogen and oxygen atoms in total. The first kappa shape index (κ1) is 10.9. The number of Topliss-reactive ketones (excluding diaryl/α,β-unsaturated/α-hetero) is 1. The lowest BCUT2D eigenvalue weighted by atomic mass is 9.81. The van der Waals surface area contributed by atoms with E-state index in [9.17, 15) is 4.79 Å². The van der Waals surface area contributed by atoms with Crippen molar-refractivity contribution in [3.63, 3.8) is 0 Å². The summed E-state index contributed by atoms with van der Waals surface area (Å²) in [6.45, 7) is 2.02. The summed E-state index contributed by atoms with van der Waals surface area (Å²) >= 11 is 3.44. The molecule has 0 saturated heterocycles. The van der Waals surface area contributed by atoms with Crippen molar-refractivity contribution in [1.29, 1.82) is 0 Å². The van der Waals surface area contributed by atoms with Gasteiger partial charge in [-0.15, -0.1) is 0 Å². The number of benzene rings is 1. The molecular weight excluding hydrogens is 252 g/mol. The molecular formula is C13H15BrO. The normalized spacial score (nSPS) is 16.1. The smallest absolute Gasteiger partial charge is 0.164 e. The first-order valence-electron chi connectivity index (χ1n) is 5.46. The predicted octanol–water partition coefficient (Wildman–Crippen LogP) is 4.13. The highest BCUT2D eigenvalue weighted by atomic mass is 79.9.